The summed E-state index contributed by atoms with van der Waals surface area (Å²) in [4.78, 5) is 23.0. The van der Waals surface area contributed by atoms with E-state index in [0.29, 0.717) is 6.07 Å². The van der Waals surface area contributed by atoms with Crippen LogP contribution >= 0.6 is 11.6 Å². The van der Waals surface area contributed by atoms with Crippen LogP contribution < -0.4 is 10.6 Å². The Hall–Kier alpha value is -2.61. The van der Waals surface area contributed by atoms with E-state index in [0.717, 1.165) is 19.1 Å². The van der Waals surface area contributed by atoms with Crippen molar-refractivity contribution in [2.45, 2.75) is 19.5 Å². The smallest absolute Gasteiger partial charge is 0.326 e. The lowest BCUT2D eigenvalue weighted by Gasteiger charge is -2.16. The van der Waals surface area contributed by atoms with Crippen molar-refractivity contribution in [2.24, 2.45) is 0 Å². The van der Waals surface area contributed by atoms with Gasteiger partial charge in [-0.15, -0.1) is 0 Å². The Balaban J connectivity index is 2.27. The van der Waals surface area contributed by atoms with Gasteiger partial charge in [0.05, 0.1) is 17.7 Å². The van der Waals surface area contributed by atoms with Crippen LogP contribution in [0.1, 0.15) is 18.1 Å². The molecule has 0 fully saturated rings. The van der Waals surface area contributed by atoms with Gasteiger partial charge in [0, 0.05) is 23.2 Å². The number of rotatable bonds is 4. The number of halogens is 5. The monoisotopic (exact) mass is 388 g/mol. The van der Waals surface area contributed by atoms with E-state index in [9.17, 15) is 27.2 Å². The topological polar surface area (TPSA) is 58.2 Å². The molecule has 0 saturated heterocycles. The third kappa shape index (κ3) is 4.95. The normalized spacial score (nSPS) is 11.2. The molecular weight excluding hydrogens is 376 g/mol. The standard InChI is InChI=1S/C17H13ClF4N2O2/c1-9(25)23-10-5-6-15(12(7-10)17(20,21)22)24-16(26)8-11-13(18)3-2-4-14(11)19/h2-7H,8H2,1H3,(H,23,25)(H,24,26). The van der Waals surface area contributed by atoms with Crippen molar-refractivity contribution in [1.29, 1.82) is 0 Å². The molecule has 0 saturated carbocycles. The summed E-state index contributed by atoms with van der Waals surface area (Å²) in [7, 11) is 0. The van der Waals surface area contributed by atoms with Gasteiger partial charge in [-0.2, -0.15) is 13.2 Å². The lowest BCUT2D eigenvalue weighted by atomic mass is 10.1. The lowest BCUT2D eigenvalue weighted by Crippen LogP contribution is -2.19. The molecule has 0 aromatic heterocycles. The van der Waals surface area contributed by atoms with Crippen LogP contribution in [0.15, 0.2) is 36.4 Å². The van der Waals surface area contributed by atoms with Crippen LogP contribution in [0, 0.1) is 5.82 Å². The Bertz CT molecular complexity index is 833. The second kappa shape index (κ2) is 7.74. The number of benzene rings is 2. The number of hydrogen-bond acceptors (Lipinski definition) is 2. The first-order chi connectivity index (χ1) is 12.1. The molecule has 0 bridgehead atoms. The van der Waals surface area contributed by atoms with Gasteiger partial charge in [0.1, 0.15) is 5.82 Å². The summed E-state index contributed by atoms with van der Waals surface area (Å²) in [5.41, 5.74) is -1.84. The molecule has 0 spiro atoms. The molecule has 0 aliphatic carbocycles. The van der Waals surface area contributed by atoms with Gasteiger partial charge in [0.2, 0.25) is 11.8 Å². The van der Waals surface area contributed by atoms with Crippen molar-refractivity contribution >= 4 is 34.8 Å². The third-order valence-corrected chi connectivity index (χ3v) is 3.67. The molecule has 0 radical (unpaired) electrons. The summed E-state index contributed by atoms with van der Waals surface area (Å²) < 4.78 is 53.4. The largest absolute Gasteiger partial charge is 0.418 e. The van der Waals surface area contributed by atoms with Crippen molar-refractivity contribution in [3.63, 3.8) is 0 Å². The van der Waals surface area contributed by atoms with E-state index in [1.54, 1.807) is 0 Å². The number of carbonyl (C=O) groups is 2. The first kappa shape index (κ1) is 19.7. The minimum Gasteiger partial charge on any atom is -0.326 e. The van der Waals surface area contributed by atoms with E-state index in [2.05, 4.69) is 10.6 Å². The zero-order chi connectivity index (χ0) is 19.5. The Kier molecular flexibility index (Phi) is 5.86. The van der Waals surface area contributed by atoms with Gasteiger partial charge in [-0.05, 0) is 30.3 Å². The minimum absolute atomic E-state index is 0.00259. The molecule has 26 heavy (non-hydrogen) atoms. The molecule has 9 heteroatoms. The highest BCUT2D eigenvalue weighted by Crippen LogP contribution is 2.36. The maximum Gasteiger partial charge on any atom is 0.418 e. The first-order valence-corrected chi connectivity index (χ1v) is 7.67. The zero-order valence-electron chi connectivity index (χ0n) is 13.4. The van der Waals surface area contributed by atoms with Gasteiger partial charge < -0.3 is 10.6 Å². The van der Waals surface area contributed by atoms with Crippen molar-refractivity contribution in [3.05, 3.63) is 58.4 Å². The van der Waals surface area contributed by atoms with E-state index in [4.69, 9.17) is 11.6 Å². The minimum atomic E-state index is -4.77. The van der Waals surface area contributed by atoms with Gasteiger partial charge in [0.25, 0.3) is 0 Å². The summed E-state index contributed by atoms with van der Waals surface area (Å²) >= 11 is 5.81. The number of carbonyl (C=O) groups excluding carboxylic acids is 2. The molecule has 0 aliphatic heterocycles. The fourth-order valence-electron chi connectivity index (χ4n) is 2.22. The van der Waals surface area contributed by atoms with E-state index >= 15 is 0 Å². The van der Waals surface area contributed by atoms with Crippen molar-refractivity contribution in [3.8, 4) is 0 Å². The van der Waals surface area contributed by atoms with Crippen LogP contribution in [-0.2, 0) is 22.2 Å². The molecule has 2 aromatic carbocycles. The Labute approximate surface area is 151 Å². The Morgan fingerprint density at radius 1 is 1.12 bits per heavy atom. The molecule has 0 unspecified atom stereocenters. The molecule has 4 nitrogen and oxygen atoms in total. The van der Waals surface area contributed by atoms with E-state index in [1.165, 1.54) is 18.2 Å². The number of anilines is 2. The Morgan fingerprint density at radius 2 is 1.81 bits per heavy atom. The fraction of sp³-hybridized carbons (Fsp3) is 0.176. The summed E-state index contributed by atoms with van der Waals surface area (Å²) in [6.45, 7) is 1.15. The zero-order valence-corrected chi connectivity index (χ0v) is 14.1. The summed E-state index contributed by atoms with van der Waals surface area (Å²) in [6.07, 6.45) is -5.30. The molecule has 2 N–H and O–H groups in total. The van der Waals surface area contributed by atoms with Gasteiger partial charge in [-0.1, -0.05) is 17.7 Å². The van der Waals surface area contributed by atoms with Crippen LogP contribution in [0.2, 0.25) is 5.02 Å². The SMILES string of the molecule is CC(=O)Nc1ccc(NC(=O)Cc2c(F)cccc2Cl)c(C(F)(F)F)c1. The van der Waals surface area contributed by atoms with Gasteiger partial charge in [-0.25, -0.2) is 4.39 Å². The second-order valence-electron chi connectivity index (χ2n) is 5.36. The second-order valence-corrected chi connectivity index (χ2v) is 5.77. The van der Waals surface area contributed by atoms with Gasteiger partial charge in [0.15, 0.2) is 0 Å². The van der Waals surface area contributed by atoms with Crippen LogP contribution in [0.3, 0.4) is 0 Å². The van der Waals surface area contributed by atoms with E-state index in [-0.39, 0.29) is 16.3 Å². The molecule has 0 atom stereocenters. The predicted octanol–water partition coefficient (Wildman–Crippen LogP) is 4.64. The molecule has 2 rings (SSSR count). The molecule has 0 heterocycles. The van der Waals surface area contributed by atoms with Crippen molar-refractivity contribution in [2.75, 3.05) is 10.6 Å². The predicted molar refractivity (Wildman–Crippen MR) is 89.5 cm³/mol. The fourth-order valence-corrected chi connectivity index (χ4v) is 2.45. The number of alkyl halides is 3. The highest BCUT2D eigenvalue weighted by Gasteiger charge is 2.34. The number of nitrogens with one attached hydrogen (secondary N) is 2. The van der Waals surface area contributed by atoms with Crippen LogP contribution in [0.25, 0.3) is 0 Å². The average Bonchev–Trinajstić information content (AvgIpc) is 2.51. The summed E-state index contributed by atoms with van der Waals surface area (Å²) in [6, 6.07) is 6.74. The first-order valence-electron chi connectivity index (χ1n) is 7.29. The van der Waals surface area contributed by atoms with Gasteiger partial charge in [-0.3, -0.25) is 9.59 Å². The summed E-state index contributed by atoms with van der Waals surface area (Å²) in [5, 5.41) is 4.33. The highest BCUT2D eigenvalue weighted by atomic mass is 35.5. The van der Waals surface area contributed by atoms with E-state index in [1.807, 2.05) is 0 Å². The van der Waals surface area contributed by atoms with Crippen LogP contribution in [0.4, 0.5) is 28.9 Å². The molecular formula is C17H13ClF4N2O2. The number of amides is 2. The van der Waals surface area contributed by atoms with Crippen molar-refractivity contribution < 1.29 is 27.2 Å². The average molecular weight is 389 g/mol. The quantitative estimate of drug-likeness (QED) is 0.750. The van der Waals surface area contributed by atoms with Crippen LogP contribution in [0.5, 0.6) is 0 Å². The van der Waals surface area contributed by atoms with E-state index < -0.39 is 41.5 Å². The molecule has 2 amide bonds. The lowest BCUT2D eigenvalue weighted by molar-refractivity contribution is -0.137. The van der Waals surface area contributed by atoms with Crippen molar-refractivity contribution in [1.82, 2.24) is 0 Å². The Morgan fingerprint density at radius 3 is 2.38 bits per heavy atom. The van der Waals surface area contributed by atoms with Gasteiger partial charge >= 0.3 is 6.18 Å². The van der Waals surface area contributed by atoms with Crippen LogP contribution in [-0.4, -0.2) is 11.8 Å². The molecule has 138 valence electrons. The maximum absolute atomic E-state index is 13.7. The maximum atomic E-state index is 13.7. The molecule has 0 aliphatic rings. The highest BCUT2D eigenvalue weighted by molar-refractivity contribution is 6.31. The third-order valence-electron chi connectivity index (χ3n) is 3.32. The number of hydrogen-bond donors (Lipinski definition) is 2. The summed E-state index contributed by atoms with van der Waals surface area (Å²) in [5.74, 6) is -2.14. The molecule has 2 aromatic rings.